The third-order valence-corrected chi connectivity index (χ3v) is 7.17. The molecule has 4 heterocycles. The lowest BCUT2D eigenvalue weighted by Crippen LogP contribution is -2.42. The summed E-state index contributed by atoms with van der Waals surface area (Å²) in [7, 11) is -3.39. The highest BCUT2D eigenvalue weighted by atomic mass is 32.2. The Balaban J connectivity index is 1.52. The van der Waals surface area contributed by atoms with Crippen molar-refractivity contribution in [3.8, 4) is 0 Å². The minimum absolute atomic E-state index is 0.126. The maximum absolute atomic E-state index is 12.5. The van der Waals surface area contributed by atoms with E-state index < -0.39 is 27.0 Å². The molecule has 2 fully saturated rings. The number of nitrogens with one attached hydrogen (secondary N) is 2. The van der Waals surface area contributed by atoms with Crippen molar-refractivity contribution in [3.05, 3.63) is 48.3 Å². The normalized spacial score (nSPS) is 26.5. The third-order valence-electron chi connectivity index (χ3n) is 4.93. The van der Waals surface area contributed by atoms with Gasteiger partial charge in [0.25, 0.3) is 11.8 Å². The number of sulfone groups is 1. The topological polar surface area (TPSA) is 125 Å². The zero-order valence-corrected chi connectivity index (χ0v) is 14.5. The van der Waals surface area contributed by atoms with Gasteiger partial charge in [0, 0.05) is 43.6 Å². The summed E-state index contributed by atoms with van der Waals surface area (Å²) in [6.45, 7) is 0.426. The molecule has 2 aliphatic heterocycles. The molecule has 0 radical (unpaired) electrons. The van der Waals surface area contributed by atoms with Crippen molar-refractivity contribution in [2.75, 3.05) is 18.8 Å². The first-order valence-electron chi connectivity index (χ1n) is 8.17. The van der Waals surface area contributed by atoms with E-state index in [1.807, 2.05) is 0 Å². The van der Waals surface area contributed by atoms with Crippen molar-refractivity contribution in [3.63, 3.8) is 0 Å². The summed E-state index contributed by atoms with van der Waals surface area (Å²) in [5.74, 6) is -1.16. The van der Waals surface area contributed by atoms with E-state index in [1.165, 1.54) is 23.5 Å². The van der Waals surface area contributed by atoms with Gasteiger partial charge >= 0.3 is 0 Å². The zero-order valence-electron chi connectivity index (χ0n) is 13.7. The van der Waals surface area contributed by atoms with Crippen LogP contribution in [-0.4, -0.2) is 70.2 Å². The van der Waals surface area contributed by atoms with E-state index in [0.717, 1.165) is 0 Å². The molecule has 0 aromatic carbocycles. The molecule has 0 spiro atoms. The molecule has 2 aliphatic rings. The smallest absolute Gasteiger partial charge is 0.271 e. The quantitative estimate of drug-likeness (QED) is 0.743. The van der Waals surface area contributed by atoms with Crippen molar-refractivity contribution < 1.29 is 18.0 Å². The molecule has 10 heteroatoms. The van der Waals surface area contributed by atoms with Crippen LogP contribution in [0.5, 0.6) is 0 Å². The predicted octanol–water partition coefficient (Wildman–Crippen LogP) is -0.528. The number of aromatic amines is 1. The molecule has 0 bridgehead atoms. The Labute approximate surface area is 149 Å². The van der Waals surface area contributed by atoms with Crippen LogP contribution in [0.4, 0.5) is 0 Å². The van der Waals surface area contributed by atoms with Gasteiger partial charge in [-0.1, -0.05) is 0 Å². The second-order valence-electron chi connectivity index (χ2n) is 6.50. The molecule has 2 aromatic heterocycles. The van der Waals surface area contributed by atoms with E-state index >= 15 is 0 Å². The Hall–Kier alpha value is -2.75. The van der Waals surface area contributed by atoms with Crippen LogP contribution in [0, 0.1) is 5.92 Å². The Morgan fingerprint density at radius 2 is 2.12 bits per heavy atom. The van der Waals surface area contributed by atoms with Crippen LogP contribution >= 0.6 is 0 Å². The van der Waals surface area contributed by atoms with Crippen molar-refractivity contribution in [2.45, 2.75) is 11.3 Å². The predicted molar refractivity (Wildman–Crippen MR) is 91.0 cm³/mol. The highest BCUT2D eigenvalue weighted by molar-refractivity contribution is 7.92. The molecule has 0 saturated carbocycles. The Kier molecular flexibility index (Phi) is 3.98. The third kappa shape index (κ3) is 2.85. The van der Waals surface area contributed by atoms with Gasteiger partial charge in [0.15, 0.2) is 9.84 Å². The molecular weight excluding hydrogens is 358 g/mol. The number of hydrogen-bond acceptors (Lipinski definition) is 6. The highest BCUT2D eigenvalue weighted by Gasteiger charge is 2.53. The number of amides is 2. The summed E-state index contributed by atoms with van der Waals surface area (Å²) < 4.78 is 25.0. The molecule has 2 amide bonds. The average Bonchev–Trinajstić information content (AvgIpc) is 3.34. The van der Waals surface area contributed by atoms with Crippen LogP contribution < -0.4 is 5.32 Å². The van der Waals surface area contributed by atoms with Gasteiger partial charge in [0.1, 0.15) is 11.4 Å². The molecular formula is C16H17N5O4S. The van der Waals surface area contributed by atoms with Crippen LogP contribution in [0.2, 0.25) is 0 Å². The number of fused-ring (bicyclic) bond motifs is 1. The van der Waals surface area contributed by atoms with Crippen LogP contribution in [-0.2, 0) is 9.84 Å². The zero-order chi connectivity index (χ0) is 18.3. The molecule has 0 unspecified atom stereocenters. The largest absolute Gasteiger partial charge is 0.357 e. The number of hydrogen-bond donors (Lipinski definition) is 2. The lowest BCUT2D eigenvalue weighted by Gasteiger charge is -2.20. The van der Waals surface area contributed by atoms with Crippen LogP contribution in [0.3, 0.4) is 0 Å². The Morgan fingerprint density at radius 3 is 2.81 bits per heavy atom. The number of rotatable bonds is 3. The van der Waals surface area contributed by atoms with Gasteiger partial charge < -0.3 is 15.2 Å². The summed E-state index contributed by atoms with van der Waals surface area (Å²) in [6.07, 6.45) is 5.82. The maximum Gasteiger partial charge on any atom is 0.271 e. The molecule has 136 valence electrons. The first kappa shape index (κ1) is 16.7. The first-order chi connectivity index (χ1) is 12.5. The summed E-state index contributed by atoms with van der Waals surface area (Å²) in [6, 6.07) is 2.81. The van der Waals surface area contributed by atoms with Crippen LogP contribution in [0.15, 0.2) is 36.9 Å². The summed E-state index contributed by atoms with van der Waals surface area (Å²) in [5, 5.41) is 2.09. The highest BCUT2D eigenvalue weighted by Crippen LogP contribution is 2.34. The fraction of sp³-hybridized carbons (Fsp3) is 0.375. The van der Waals surface area contributed by atoms with E-state index in [9.17, 15) is 18.0 Å². The summed E-state index contributed by atoms with van der Waals surface area (Å²) >= 11 is 0. The SMILES string of the molecule is O=C(N[C@@H]1CS(=O)(=O)[C@H]2CN(C(=O)c3ccc[nH]3)C[C@@H]12)c1cnccn1. The van der Waals surface area contributed by atoms with Gasteiger partial charge in [-0.2, -0.15) is 0 Å². The van der Waals surface area contributed by atoms with Gasteiger partial charge in [0.05, 0.1) is 17.2 Å². The van der Waals surface area contributed by atoms with E-state index in [4.69, 9.17) is 0 Å². The van der Waals surface area contributed by atoms with Crippen molar-refractivity contribution in [1.82, 2.24) is 25.2 Å². The molecule has 3 atom stereocenters. The van der Waals surface area contributed by atoms with Crippen molar-refractivity contribution in [1.29, 1.82) is 0 Å². The van der Waals surface area contributed by atoms with E-state index in [0.29, 0.717) is 5.69 Å². The number of likely N-dealkylation sites (tertiary alicyclic amines) is 1. The molecule has 9 nitrogen and oxygen atoms in total. The molecule has 2 aromatic rings. The molecule has 2 saturated heterocycles. The minimum atomic E-state index is -3.39. The molecule has 0 aliphatic carbocycles. The first-order valence-corrected chi connectivity index (χ1v) is 9.88. The monoisotopic (exact) mass is 375 g/mol. The Bertz CT molecular complexity index is 929. The van der Waals surface area contributed by atoms with Gasteiger partial charge in [-0.3, -0.25) is 14.6 Å². The number of nitrogens with zero attached hydrogens (tertiary/aromatic N) is 3. The van der Waals surface area contributed by atoms with Gasteiger partial charge in [-0.15, -0.1) is 0 Å². The second-order valence-corrected chi connectivity index (χ2v) is 8.76. The summed E-state index contributed by atoms with van der Waals surface area (Å²) in [5.41, 5.74) is 0.549. The fourth-order valence-electron chi connectivity index (χ4n) is 3.67. The molecule has 2 N–H and O–H groups in total. The van der Waals surface area contributed by atoms with Gasteiger partial charge in [0.2, 0.25) is 0 Å². The van der Waals surface area contributed by atoms with Gasteiger partial charge in [-0.05, 0) is 12.1 Å². The molecule has 4 rings (SSSR count). The van der Waals surface area contributed by atoms with Crippen molar-refractivity contribution in [2.24, 2.45) is 5.92 Å². The van der Waals surface area contributed by atoms with Crippen LogP contribution in [0.1, 0.15) is 21.0 Å². The fourth-order valence-corrected chi connectivity index (χ4v) is 5.96. The average molecular weight is 375 g/mol. The Morgan fingerprint density at radius 1 is 1.27 bits per heavy atom. The number of aromatic nitrogens is 3. The second kappa shape index (κ2) is 6.20. The minimum Gasteiger partial charge on any atom is -0.357 e. The standard InChI is InChI=1S/C16H17N5O4S/c22-15(12-6-17-4-5-19-12)20-13-9-26(24,25)14-8-21(7-10(13)14)16(23)11-2-1-3-18-11/h1-6,10,13-14,18H,7-9H2,(H,20,22)/t10-,13+,14-/m0/s1. The van der Waals surface area contributed by atoms with E-state index in [2.05, 4.69) is 20.3 Å². The lowest BCUT2D eigenvalue weighted by atomic mass is 10.0. The molecule has 26 heavy (non-hydrogen) atoms. The summed E-state index contributed by atoms with van der Waals surface area (Å²) in [4.78, 5) is 36.9. The van der Waals surface area contributed by atoms with E-state index in [1.54, 1.807) is 18.3 Å². The van der Waals surface area contributed by atoms with E-state index in [-0.39, 0.29) is 36.4 Å². The number of carbonyl (C=O) groups is 2. The number of carbonyl (C=O) groups excluding carboxylic acids is 2. The maximum atomic E-state index is 12.5. The van der Waals surface area contributed by atoms with Crippen LogP contribution in [0.25, 0.3) is 0 Å². The lowest BCUT2D eigenvalue weighted by molar-refractivity contribution is 0.0779. The van der Waals surface area contributed by atoms with Gasteiger partial charge in [-0.25, -0.2) is 13.4 Å². The van der Waals surface area contributed by atoms with Crippen molar-refractivity contribution >= 4 is 21.7 Å². The number of H-pyrrole nitrogens is 1.